The number of anilines is 2. The van der Waals surface area contributed by atoms with Crippen LogP contribution in [0.3, 0.4) is 0 Å². The van der Waals surface area contributed by atoms with Crippen molar-refractivity contribution in [3.05, 3.63) is 38.2 Å². The van der Waals surface area contributed by atoms with Crippen LogP contribution < -0.4 is 10.6 Å². The third kappa shape index (κ3) is 2.85. The lowest BCUT2D eigenvalue weighted by molar-refractivity contribution is -0.385. The predicted molar refractivity (Wildman–Crippen MR) is 79.3 cm³/mol. The van der Waals surface area contributed by atoms with Crippen LogP contribution in [0.1, 0.15) is 23.5 Å². The van der Waals surface area contributed by atoms with E-state index < -0.39 is 4.92 Å². The van der Waals surface area contributed by atoms with Crippen LogP contribution in [0.15, 0.2) is 17.5 Å². The van der Waals surface area contributed by atoms with E-state index >= 15 is 0 Å². The van der Waals surface area contributed by atoms with Gasteiger partial charge in [-0.15, -0.1) is 11.3 Å². The van der Waals surface area contributed by atoms with Crippen molar-refractivity contribution in [2.45, 2.75) is 19.9 Å². The molecule has 20 heavy (non-hydrogen) atoms. The Bertz CT molecular complexity index is 615. The Kier molecular flexibility index (Phi) is 4.14. The van der Waals surface area contributed by atoms with Crippen LogP contribution in [0, 0.1) is 17.0 Å². The van der Waals surface area contributed by atoms with Gasteiger partial charge in [0, 0.05) is 11.9 Å². The zero-order chi connectivity index (χ0) is 14.7. The molecule has 0 spiro atoms. The molecule has 0 radical (unpaired) electrons. The number of hydrogen-bond donors (Lipinski definition) is 2. The average molecular weight is 293 g/mol. The Labute approximate surface area is 120 Å². The molecular weight excluding hydrogens is 278 g/mol. The normalized spacial score (nSPS) is 11.9. The number of aryl methyl sites for hydroxylation is 1. The third-order valence-electron chi connectivity index (χ3n) is 2.79. The zero-order valence-electron chi connectivity index (χ0n) is 11.4. The molecule has 2 aromatic rings. The number of rotatable bonds is 5. The summed E-state index contributed by atoms with van der Waals surface area (Å²) in [7, 11) is 1.67. The Morgan fingerprint density at radius 1 is 1.45 bits per heavy atom. The second kappa shape index (κ2) is 5.83. The van der Waals surface area contributed by atoms with Crippen LogP contribution in [0.4, 0.5) is 17.5 Å². The number of thiophene rings is 1. The largest absolute Gasteiger partial charge is 0.357 e. The minimum absolute atomic E-state index is 0.0623. The summed E-state index contributed by atoms with van der Waals surface area (Å²) in [5.74, 6) is 0.585. The maximum Gasteiger partial charge on any atom is 0.332 e. The van der Waals surface area contributed by atoms with Crippen molar-refractivity contribution in [1.82, 2.24) is 9.97 Å². The molecule has 1 unspecified atom stereocenters. The highest BCUT2D eigenvalue weighted by Crippen LogP contribution is 2.30. The van der Waals surface area contributed by atoms with Crippen molar-refractivity contribution in [3.63, 3.8) is 0 Å². The molecule has 0 aliphatic heterocycles. The van der Waals surface area contributed by atoms with E-state index in [-0.39, 0.29) is 17.5 Å². The summed E-state index contributed by atoms with van der Waals surface area (Å²) < 4.78 is 0. The lowest BCUT2D eigenvalue weighted by atomic mass is 10.2. The molecule has 0 saturated heterocycles. The highest BCUT2D eigenvalue weighted by Gasteiger charge is 2.23. The van der Waals surface area contributed by atoms with E-state index in [9.17, 15) is 10.1 Å². The number of aromatic nitrogens is 2. The number of nitrogens with zero attached hydrogens (tertiary/aromatic N) is 3. The molecule has 7 nitrogen and oxygen atoms in total. The maximum absolute atomic E-state index is 11.2. The molecule has 0 saturated carbocycles. The van der Waals surface area contributed by atoms with Crippen LogP contribution in [-0.4, -0.2) is 21.9 Å². The van der Waals surface area contributed by atoms with Crippen molar-refractivity contribution in [1.29, 1.82) is 0 Å². The van der Waals surface area contributed by atoms with Gasteiger partial charge < -0.3 is 10.6 Å². The fourth-order valence-corrected chi connectivity index (χ4v) is 2.55. The number of nitrogens with one attached hydrogen (secondary N) is 2. The Hall–Kier alpha value is -2.22. The number of nitro groups is 1. The highest BCUT2D eigenvalue weighted by molar-refractivity contribution is 7.10. The van der Waals surface area contributed by atoms with Crippen molar-refractivity contribution < 1.29 is 4.92 Å². The summed E-state index contributed by atoms with van der Waals surface area (Å²) in [6.45, 7) is 3.54. The van der Waals surface area contributed by atoms with E-state index in [1.807, 2.05) is 24.4 Å². The molecule has 106 valence electrons. The number of hydrogen-bond acceptors (Lipinski definition) is 7. The van der Waals surface area contributed by atoms with Gasteiger partial charge in [0.1, 0.15) is 5.69 Å². The minimum atomic E-state index is -0.460. The van der Waals surface area contributed by atoms with E-state index in [0.29, 0.717) is 11.6 Å². The van der Waals surface area contributed by atoms with Gasteiger partial charge in [-0.3, -0.25) is 10.1 Å². The van der Waals surface area contributed by atoms with E-state index in [2.05, 4.69) is 20.6 Å². The van der Waals surface area contributed by atoms with E-state index in [1.54, 1.807) is 25.3 Å². The van der Waals surface area contributed by atoms with Gasteiger partial charge in [-0.1, -0.05) is 6.07 Å². The van der Waals surface area contributed by atoms with Crippen molar-refractivity contribution in [2.75, 3.05) is 17.7 Å². The first-order valence-corrected chi connectivity index (χ1v) is 6.91. The topological polar surface area (TPSA) is 93.0 Å². The Morgan fingerprint density at radius 2 is 2.20 bits per heavy atom. The fraction of sp³-hybridized carbons (Fsp3) is 0.333. The standard InChI is InChI=1S/C12H15N5O2S/c1-7(9-5-4-6-20-9)14-11-10(17(18)19)8(2)15-12(13-3)16-11/h4-7H,1-3H3,(H2,13,14,15,16). The summed E-state index contributed by atoms with van der Waals surface area (Å²) in [4.78, 5) is 20.0. The second-order valence-electron chi connectivity index (χ2n) is 4.22. The predicted octanol–water partition coefficient (Wildman–Crippen LogP) is 2.97. The molecule has 2 heterocycles. The first-order valence-electron chi connectivity index (χ1n) is 6.03. The molecule has 2 aromatic heterocycles. The summed E-state index contributed by atoms with van der Waals surface area (Å²) in [5.41, 5.74) is 0.239. The summed E-state index contributed by atoms with van der Waals surface area (Å²) in [5, 5.41) is 19.0. The molecule has 0 aliphatic carbocycles. The lowest BCUT2D eigenvalue weighted by Gasteiger charge is -2.14. The SMILES string of the molecule is CNc1nc(C)c([N+](=O)[O-])c(NC(C)c2cccs2)n1. The van der Waals surface area contributed by atoms with Crippen LogP contribution in [0.2, 0.25) is 0 Å². The van der Waals surface area contributed by atoms with Gasteiger partial charge in [0.25, 0.3) is 0 Å². The van der Waals surface area contributed by atoms with Gasteiger partial charge in [0.15, 0.2) is 0 Å². The second-order valence-corrected chi connectivity index (χ2v) is 5.20. The van der Waals surface area contributed by atoms with Gasteiger partial charge in [-0.25, -0.2) is 4.98 Å². The van der Waals surface area contributed by atoms with Crippen LogP contribution in [0.25, 0.3) is 0 Å². The van der Waals surface area contributed by atoms with Crippen LogP contribution >= 0.6 is 11.3 Å². The maximum atomic E-state index is 11.2. The molecule has 0 fully saturated rings. The minimum Gasteiger partial charge on any atom is -0.357 e. The molecule has 0 amide bonds. The molecule has 2 rings (SSSR count). The molecule has 1 atom stereocenters. The van der Waals surface area contributed by atoms with Gasteiger partial charge in [0.2, 0.25) is 11.8 Å². The summed E-state index contributed by atoms with van der Waals surface area (Å²) in [6.07, 6.45) is 0. The zero-order valence-corrected chi connectivity index (χ0v) is 12.2. The first-order chi connectivity index (χ1) is 9.52. The molecule has 8 heteroatoms. The lowest BCUT2D eigenvalue weighted by Crippen LogP contribution is -2.12. The van der Waals surface area contributed by atoms with E-state index in [0.717, 1.165) is 4.88 Å². The Morgan fingerprint density at radius 3 is 2.75 bits per heavy atom. The molecule has 0 bridgehead atoms. The van der Waals surface area contributed by atoms with Crippen LogP contribution in [-0.2, 0) is 0 Å². The summed E-state index contributed by atoms with van der Waals surface area (Å²) >= 11 is 1.59. The third-order valence-corrected chi connectivity index (χ3v) is 3.84. The first kappa shape index (κ1) is 14.2. The van der Waals surface area contributed by atoms with Crippen molar-refractivity contribution in [2.24, 2.45) is 0 Å². The molecule has 0 aromatic carbocycles. The summed E-state index contributed by atoms with van der Waals surface area (Å²) in [6, 6.07) is 3.85. The monoisotopic (exact) mass is 293 g/mol. The molecule has 2 N–H and O–H groups in total. The van der Waals surface area contributed by atoms with Gasteiger partial charge in [0.05, 0.1) is 11.0 Å². The average Bonchev–Trinajstić information content (AvgIpc) is 2.91. The quantitative estimate of drug-likeness (QED) is 0.650. The van der Waals surface area contributed by atoms with Crippen LogP contribution in [0.5, 0.6) is 0 Å². The van der Waals surface area contributed by atoms with E-state index in [1.165, 1.54) is 0 Å². The van der Waals surface area contributed by atoms with Crippen molar-refractivity contribution >= 4 is 28.8 Å². The van der Waals surface area contributed by atoms with Crippen molar-refractivity contribution in [3.8, 4) is 0 Å². The van der Waals surface area contributed by atoms with Gasteiger partial charge in [-0.2, -0.15) is 4.98 Å². The molecule has 0 aliphatic rings. The Balaban J connectivity index is 2.38. The molecular formula is C12H15N5O2S. The highest BCUT2D eigenvalue weighted by atomic mass is 32.1. The van der Waals surface area contributed by atoms with E-state index in [4.69, 9.17) is 0 Å². The smallest absolute Gasteiger partial charge is 0.332 e. The van der Waals surface area contributed by atoms with Gasteiger partial charge >= 0.3 is 5.69 Å². The van der Waals surface area contributed by atoms with Gasteiger partial charge in [-0.05, 0) is 25.3 Å². The fourth-order valence-electron chi connectivity index (χ4n) is 1.81.